The van der Waals surface area contributed by atoms with Crippen molar-refractivity contribution in [2.75, 3.05) is 0 Å². The first-order chi connectivity index (χ1) is 12.5. The van der Waals surface area contributed by atoms with E-state index in [4.69, 9.17) is 16.3 Å². The second-order valence-electron chi connectivity index (χ2n) is 5.37. The van der Waals surface area contributed by atoms with Crippen LogP contribution in [0, 0.1) is 24.0 Å². The summed E-state index contributed by atoms with van der Waals surface area (Å²) in [7, 11) is 0. The third kappa shape index (κ3) is 3.70. The average Bonchev–Trinajstić information content (AvgIpc) is 2.94. The molecule has 3 aromatic rings. The summed E-state index contributed by atoms with van der Waals surface area (Å²) < 4.78 is 7.14. The van der Waals surface area contributed by atoms with E-state index in [1.807, 2.05) is 0 Å². The van der Waals surface area contributed by atoms with Crippen molar-refractivity contribution in [3.63, 3.8) is 0 Å². The van der Waals surface area contributed by atoms with Crippen molar-refractivity contribution in [3.8, 4) is 11.5 Å². The van der Waals surface area contributed by atoms with Crippen LogP contribution in [0.3, 0.4) is 0 Å². The Hall–Kier alpha value is -3.26. The zero-order valence-corrected chi connectivity index (χ0v) is 14.7. The maximum Gasteiger partial charge on any atom is 0.312 e. The molecule has 0 aliphatic heterocycles. The number of rotatable bonds is 5. The van der Waals surface area contributed by atoms with Crippen LogP contribution in [0.25, 0.3) is 0 Å². The summed E-state index contributed by atoms with van der Waals surface area (Å²) in [5, 5.41) is 23.8. The molecule has 2 aromatic carbocycles. The Kier molecular flexibility index (Phi) is 4.94. The summed E-state index contributed by atoms with van der Waals surface area (Å²) in [4.78, 5) is 10.9. The number of benzene rings is 2. The smallest absolute Gasteiger partial charge is 0.312 e. The molecule has 0 spiro atoms. The third-order valence-electron chi connectivity index (χ3n) is 3.51. The summed E-state index contributed by atoms with van der Waals surface area (Å²) in [6.45, 7) is 3.53. The van der Waals surface area contributed by atoms with Gasteiger partial charge in [0.1, 0.15) is 5.75 Å². The first-order valence-electron chi connectivity index (χ1n) is 7.59. The minimum absolute atomic E-state index is 0.0944. The molecule has 0 fully saturated rings. The number of hydrogen-bond donors (Lipinski definition) is 0. The zero-order valence-electron chi connectivity index (χ0n) is 14.0. The topological polar surface area (TPSA) is 95.4 Å². The van der Waals surface area contributed by atoms with E-state index in [1.54, 1.807) is 48.9 Å². The summed E-state index contributed by atoms with van der Waals surface area (Å²) in [5.41, 5.74) is 0.349. The van der Waals surface area contributed by atoms with Crippen molar-refractivity contribution in [2.45, 2.75) is 13.8 Å². The second kappa shape index (κ2) is 7.32. The Labute approximate surface area is 153 Å². The van der Waals surface area contributed by atoms with Crippen LogP contribution >= 0.6 is 11.6 Å². The van der Waals surface area contributed by atoms with Gasteiger partial charge in [-0.25, -0.2) is 4.68 Å². The molecule has 0 amide bonds. The highest BCUT2D eigenvalue weighted by atomic mass is 35.5. The van der Waals surface area contributed by atoms with Crippen LogP contribution < -0.4 is 4.74 Å². The molecule has 0 saturated carbocycles. The minimum Gasteiger partial charge on any atom is -0.449 e. The van der Waals surface area contributed by atoms with Crippen LogP contribution in [0.5, 0.6) is 11.5 Å². The monoisotopic (exact) mass is 371 g/mol. The fourth-order valence-corrected chi connectivity index (χ4v) is 2.42. The molecule has 0 saturated heterocycles. The fourth-order valence-electron chi connectivity index (χ4n) is 2.24. The molecule has 3 rings (SSSR count). The number of halogens is 1. The lowest BCUT2D eigenvalue weighted by Crippen LogP contribution is -1.98. The Morgan fingerprint density at radius 3 is 2.50 bits per heavy atom. The lowest BCUT2D eigenvalue weighted by molar-refractivity contribution is -0.385. The highest BCUT2D eigenvalue weighted by Gasteiger charge is 2.17. The van der Waals surface area contributed by atoms with Crippen molar-refractivity contribution in [3.05, 3.63) is 74.8 Å². The molecule has 0 unspecified atom stereocenters. The maximum absolute atomic E-state index is 11.4. The van der Waals surface area contributed by atoms with Gasteiger partial charge in [0.15, 0.2) is 11.6 Å². The normalized spacial score (nSPS) is 11.0. The molecular weight excluding hydrogens is 358 g/mol. The summed E-state index contributed by atoms with van der Waals surface area (Å²) >= 11 is 6.04. The lowest BCUT2D eigenvalue weighted by Gasteiger charge is -2.08. The number of nitro benzene ring substituents is 1. The van der Waals surface area contributed by atoms with Gasteiger partial charge in [0.2, 0.25) is 5.75 Å². The van der Waals surface area contributed by atoms with Crippen LogP contribution in [0.15, 0.2) is 47.6 Å². The molecule has 26 heavy (non-hydrogen) atoms. The molecule has 0 N–H and O–H groups in total. The first kappa shape index (κ1) is 17.6. The summed E-state index contributed by atoms with van der Waals surface area (Å²) in [6, 6.07) is 11.3. The molecule has 0 bridgehead atoms. The van der Waals surface area contributed by atoms with E-state index in [0.29, 0.717) is 28.0 Å². The van der Waals surface area contributed by atoms with E-state index in [-0.39, 0.29) is 11.4 Å². The zero-order chi connectivity index (χ0) is 18.7. The molecule has 9 heteroatoms. The van der Waals surface area contributed by atoms with Crippen molar-refractivity contribution < 1.29 is 9.66 Å². The van der Waals surface area contributed by atoms with E-state index < -0.39 is 4.92 Å². The van der Waals surface area contributed by atoms with Gasteiger partial charge in [-0.2, -0.15) is 5.10 Å². The highest BCUT2D eigenvalue weighted by molar-refractivity contribution is 6.32. The standard InChI is InChI=1S/C17H14ClN5O3/c1-11-20-21-12(2)22(11)19-10-13-7-8-17(15(9-13)23(24)25)26-16-6-4-3-5-14(16)18/h3-10H,1-2H3. The first-order valence-corrected chi connectivity index (χ1v) is 7.97. The average molecular weight is 372 g/mol. The van der Waals surface area contributed by atoms with Gasteiger partial charge in [0, 0.05) is 11.6 Å². The van der Waals surface area contributed by atoms with Crippen LogP contribution in [-0.4, -0.2) is 26.0 Å². The van der Waals surface area contributed by atoms with Crippen molar-refractivity contribution >= 4 is 23.5 Å². The van der Waals surface area contributed by atoms with Gasteiger partial charge in [-0.05, 0) is 38.1 Å². The Morgan fingerprint density at radius 1 is 1.15 bits per heavy atom. The molecular formula is C17H14ClN5O3. The second-order valence-corrected chi connectivity index (χ2v) is 5.77. The predicted octanol–water partition coefficient (Wildman–Crippen LogP) is 4.13. The lowest BCUT2D eigenvalue weighted by atomic mass is 10.2. The Bertz CT molecular complexity index is 980. The van der Waals surface area contributed by atoms with Crippen LogP contribution in [0.4, 0.5) is 5.69 Å². The van der Waals surface area contributed by atoms with Gasteiger partial charge >= 0.3 is 5.69 Å². The number of hydrogen-bond acceptors (Lipinski definition) is 6. The number of para-hydroxylation sites is 1. The van der Waals surface area contributed by atoms with E-state index >= 15 is 0 Å². The predicted molar refractivity (Wildman–Crippen MR) is 97.1 cm³/mol. The Balaban J connectivity index is 1.92. The number of nitro groups is 1. The molecule has 0 aliphatic carbocycles. The number of aromatic nitrogens is 3. The quantitative estimate of drug-likeness (QED) is 0.381. The van der Waals surface area contributed by atoms with Crippen LogP contribution in [-0.2, 0) is 0 Å². The van der Waals surface area contributed by atoms with Crippen molar-refractivity contribution in [1.29, 1.82) is 0 Å². The van der Waals surface area contributed by atoms with Crippen LogP contribution in [0.1, 0.15) is 17.2 Å². The fraction of sp³-hybridized carbons (Fsp3) is 0.118. The molecule has 132 valence electrons. The molecule has 1 heterocycles. The van der Waals surface area contributed by atoms with Gasteiger partial charge in [-0.3, -0.25) is 10.1 Å². The van der Waals surface area contributed by atoms with Crippen molar-refractivity contribution in [1.82, 2.24) is 14.9 Å². The minimum atomic E-state index is -0.515. The van der Waals surface area contributed by atoms with Crippen molar-refractivity contribution in [2.24, 2.45) is 5.10 Å². The van der Waals surface area contributed by atoms with Gasteiger partial charge in [0.25, 0.3) is 0 Å². The summed E-state index contributed by atoms with van der Waals surface area (Å²) in [5.74, 6) is 1.67. The molecule has 0 atom stereocenters. The molecule has 0 aliphatic rings. The van der Waals surface area contributed by atoms with Crippen LogP contribution in [0.2, 0.25) is 5.02 Å². The highest BCUT2D eigenvalue weighted by Crippen LogP contribution is 2.35. The SMILES string of the molecule is Cc1nnc(C)n1N=Cc1ccc(Oc2ccccc2Cl)c([N+](=O)[O-])c1. The van der Waals surface area contributed by atoms with E-state index in [0.717, 1.165) is 0 Å². The van der Waals surface area contributed by atoms with Gasteiger partial charge in [-0.1, -0.05) is 23.7 Å². The Morgan fingerprint density at radius 2 is 1.85 bits per heavy atom. The third-order valence-corrected chi connectivity index (χ3v) is 3.82. The molecule has 8 nitrogen and oxygen atoms in total. The number of ether oxygens (including phenoxy) is 1. The molecule has 1 aromatic heterocycles. The van der Waals surface area contributed by atoms with Gasteiger partial charge in [-0.15, -0.1) is 10.2 Å². The van der Waals surface area contributed by atoms with E-state index in [1.165, 1.54) is 18.3 Å². The maximum atomic E-state index is 11.4. The summed E-state index contributed by atoms with van der Waals surface area (Å²) in [6.07, 6.45) is 1.50. The number of aryl methyl sites for hydroxylation is 2. The molecule has 0 radical (unpaired) electrons. The number of nitrogens with zero attached hydrogens (tertiary/aromatic N) is 5. The van der Waals surface area contributed by atoms with Gasteiger partial charge < -0.3 is 4.74 Å². The van der Waals surface area contributed by atoms with E-state index in [2.05, 4.69) is 15.3 Å². The van der Waals surface area contributed by atoms with Gasteiger partial charge in [0.05, 0.1) is 16.2 Å². The largest absolute Gasteiger partial charge is 0.449 e. The van der Waals surface area contributed by atoms with E-state index in [9.17, 15) is 10.1 Å².